The lowest BCUT2D eigenvalue weighted by Gasteiger charge is -2.19. The molecule has 0 unspecified atom stereocenters. The van der Waals surface area contributed by atoms with Gasteiger partial charge in [-0.3, -0.25) is 0 Å². The van der Waals surface area contributed by atoms with E-state index in [9.17, 15) is 4.39 Å². The van der Waals surface area contributed by atoms with Gasteiger partial charge in [0.25, 0.3) is 0 Å². The second-order valence-corrected chi connectivity index (χ2v) is 5.52. The number of halogens is 1. The lowest BCUT2D eigenvalue weighted by Crippen LogP contribution is -2.22. The first-order valence-corrected chi connectivity index (χ1v) is 7.61. The van der Waals surface area contributed by atoms with E-state index < -0.39 is 0 Å². The van der Waals surface area contributed by atoms with Gasteiger partial charge >= 0.3 is 0 Å². The van der Waals surface area contributed by atoms with Gasteiger partial charge in [-0.25, -0.2) is 14.4 Å². The second-order valence-electron chi connectivity index (χ2n) is 5.52. The average Bonchev–Trinajstić information content (AvgIpc) is 3.05. The first-order chi connectivity index (χ1) is 10.7. The molecule has 0 aliphatic carbocycles. The summed E-state index contributed by atoms with van der Waals surface area (Å²) in [5, 5.41) is 0. The van der Waals surface area contributed by atoms with Gasteiger partial charge in [-0.15, -0.1) is 0 Å². The van der Waals surface area contributed by atoms with Gasteiger partial charge in [0.15, 0.2) is 11.6 Å². The molecule has 0 bridgehead atoms. The number of hydrogen-bond donors (Lipinski definition) is 0. The fourth-order valence-electron chi connectivity index (χ4n) is 2.96. The molecular formula is C17H20FN3O. The number of methoxy groups -OCH3 is 1. The van der Waals surface area contributed by atoms with Crippen LogP contribution in [0, 0.1) is 5.82 Å². The summed E-state index contributed by atoms with van der Waals surface area (Å²) in [4.78, 5) is 10.2. The SMILES string of the molecule is CCc1ncnc(N2CC[C@@H](c3ccc(OC)cc3)C2)c1F. The van der Waals surface area contributed by atoms with E-state index >= 15 is 0 Å². The molecule has 0 amide bonds. The van der Waals surface area contributed by atoms with Crippen LogP contribution in [0.15, 0.2) is 30.6 Å². The summed E-state index contributed by atoms with van der Waals surface area (Å²) >= 11 is 0. The molecule has 0 N–H and O–H groups in total. The molecule has 0 spiro atoms. The van der Waals surface area contributed by atoms with Crippen molar-refractivity contribution in [3.8, 4) is 5.75 Å². The molecule has 22 heavy (non-hydrogen) atoms. The summed E-state index contributed by atoms with van der Waals surface area (Å²) in [6.45, 7) is 3.50. The fraction of sp³-hybridized carbons (Fsp3) is 0.412. The van der Waals surface area contributed by atoms with Crippen molar-refractivity contribution in [2.75, 3.05) is 25.1 Å². The van der Waals surface area contributed by atoms with Crippen LogP contribution in [0.1, 0.15) is 30.5 Å². The Balaban J connectivity index is 1.77. The van der Waals surface area contributed by atoms with E-state index in [0.29, 0.717) is 23.9 Å². The number of aryl methyl sites for hydroxylation is 1. The molecule has 1 saturated heterocycles. The van der Waals surface area contributed by atoms with E-state index in [1.165, 1.54) is 11.9 Å². The summed E-state index contributed by atoms with van der Waals surface area (Å²) in [6.07, 6.45) is 3.03. The van der Waals surface area contributed by atoms with Crippen molar-refractivity contribution in [2.45, 2.75) is 25.7 Å². The van der Waals surface area contributed by atoms with Crippen molar-refractivity contribution in [3.63, 3.8) is 0 Å². The highest BCUT2D eigenvalue weighted by Crippen LogP contribution is 2.32. The Hall–Kier alpha value is -2.17. The van der Waals surface area contributed by atoms with E-state index in [1.54, 1.807) is 7.11 Å². The minimum atomic E-state index is -0.277. The number of hydrogen-bond acceptors (Lipinski definition) is 4. The molecular weight excluding hydrogens is 281 g/mol. The summed E-state index contributed by atoms with van der Waals surface area (Å²) in [6, 6.07) is 8.11. The number of nitrogens with zero attached hydrogens (tertiary/aromatic N) is 3. The summed E-state index contributed by atoms with van der Waals surface area (Å²) < 4.78 is 19.6. The molecule has 4 nitrogen and oxygen atoms in total. The fourth-order valence-corrected chi connectivity index (χ4v) is 2.96. The Bertz CT molecular complexity index is 645. The van der Waals surface area contributed by atoms with Crippen molar-refractivity contribution >= 4 is 5.82 Å². The van der Waals surface area contributed by atoms with E-state index in [0.717, 1.165) is 25.3 Å². The van der Waals surface area contributed by atoms with Crippen molar-refractivity contribution in [1.29, 1.82) is 0 Å². The first kappa shape index (κ1) is 14.8. The van der Waals surface area contributed by atoms with Crippen molar-refractivity contribution in [3.05, 3.63) is 47.7 Å². The molecule has 1 aromatic heterocycles. The highest BCUT2D eigenvalue weighted by molar-refractivity contribution is 5.44. The van der Waals surface area contributed by atoms with Gasteiger partial charge in [0.05, 0.1) is 12.8 Å². The Morgan fingerprint density at radius 2 is 2.05 bits per heavy atom. The maximum atomic E-state index is 14.4. The van der Waals surface area contributed by atoms with Crippen LogP contribution in [-0.2, 0) is 6.42 Å². The Morgan fingerprint density at radius 3 is 2.73 bits per heavy atom. The predicted molar refractivity (Wildman–Crippen MR) is 83.9 cm³/mol. The molecule has 1 atom stereocenters. The highest BCUT2D eigenvalue weighted by atomic mass is 19.1. The van der Waals surface area contributed by atoms with Gasteiger partial charge in [0.1, 0.15) is 12.1 Å². The molecule has 1 aromatic carbocycles. The van der Waals surface area contributed by atoms with Crippen LogP contribution in [-0.4, -0.2) is 30.2 Å². The highest BCUT2D eigenvalue weighted by Gasteiger charge is 2.27. The number of benzene rings is 1. The van der Waals surface area contributed by atoms with Gasteiger partial charge in [-0.2, -0.15) is 0 Å². The predicted octanol–water partition coefficient (Wildman–Crippen LogP) is 3.18. The third kappa shape index (κ3) is 2.75. The number of anilines is 1. The topological polar surface area (TPSA) is 38.2 Å². The van der Waals surface area contributed by atoms with Crippen LogP contribution in [0.3, 0.4) is 0 Å². The standard InChI is InChI=1S/C17H20FN3O/c1-3-15-16(18)17(20-11-19-15)21-9-8-13(10-21)12-4-6-14(22-2)7-5-12/h4-7,11,13H,3,8-10H2,1-2H3/t13-/m1/s1. The van der Waals surface area contributed by atoms with Crippen LogP contribution in [0.25, 0.3) is 0 Å². The van der Waals surface area contributed by atoms with Crippen LogP contribution in [0.4, 0.5) is 10.2 Å². The Kier molecular flexibility index (Phi) is 4.22. The molecule has 5 heteroatoms. The normalized spacial score (nSPS) is 17.8. The summed E-state index contributed by atoms with van der Waals surface area (Å²) in [5.74, 6) is 1.40. The van der Waals surface area contributed by atoms with Crippen LogP contribution in [0.5, 0.6) is 5.75 Å². The molecule has 0 saturated carbocycles. The lowest BCUT2D eigenvalue weighted by atomic mass is 9.98. The largest absolute Gasteiger partial charge is 0.497 e. The van der Waals surface area contributed by atoms with Crippen molar-refractivity contribution in [2.24, 2.45) is 0 Å². The van der Waals surface area contributed by atoms with Crippen LogP contribution >= 0.6 is 0 Å². The number of aromatic nitrogens is 2. The van der Waals surface area contributed by atoms with E-state index in [1.807, 2.05) is 24.0 Å². The van der Waals surface area contributed by atoms with Crippen molar-refractivity contribution < 1.29 is 9.13 Å². The maximum absolute atomic E-state index is 14.4. The first-order valence-electron chi connectivity index (χ1n) is 7.61. The van der Waals surface area contributed by atoms with Gasteiger partial charge in [-0.1, -0.05) is 19.1 Å². The molecule has 0 radical (unpaired) electrons. The van der Waals surface area contributed by atoms with Gasteiger partial charge in [0, 0.05) is 19.0 Å². The average molecular weight is 301 g/mol. The second kappa shape index (κ2) is 6.30. The Morgan fingerprint density at radius 1 is 1.27 bits per heavy atom. The smallest absolute Gasteiger partial charge is 0.187 e. The zero-order valence-electron chi connectivity index (χ0n) is 12.9. The quantitative estimate of drug-likeness (QED) is 0.869. The summed E-state index contributed by atoms with van der Waals surface area (Å²) in [5.41, 5.74) is 1.74. The monoisotopic (exact) mass is 301 g/mol. The van der Waals surface area contributed by atoms with E-state index in [-0.39, 0.29) is 5.82 Å². The van der Waals surface area contributed by atoms with E-state index in [2.05, 4.69) is 22.1 Å². The van der Waals surface area contributed by atoms with Gasteiger partial charge in [0.2, 0.25) is 0 Å². The molecule has 1 fully saturated rings. The number of ether oxygens (including phenoxy) is 1. The third-order valence-electron chi connectivity index (χ3n) is 4.25. The Labute approximate surface area is 130 Å². The van der Waals surface area contributed by atoms with Crippen LogP contribution < -0.4 is 9.64 Å². The summed E-state index contributed by atoms with van der Waals surface area (Å²) in [7, 11) is 1.66. The minimum absolute atomic E-state index is 0.277. The third-order valence-corrected chi connectivity index (χ3v) is 4.25. The maximum Gasteiger partial charge on any atom is 0.187 e. The molecule has 1 aliphatic heterocycles. The lowest BCUT2D eigenvalue weighted by molar-refractivity contribution is 0.414. The van der Waals surface area contributed by atoms with Crippen LogP contribution in [0.2, 0.25) is 0 Å². The number of rotatable bonds is 4. The van der Waals surface area contributed by atoms with Gasteiger partial charge < -0.3 is 9.64 Å². The minimum Gasteiger partial charge on any atom is -0.497 e. The molecule has 116 valence electrons. The molecule has 3 rings (SSSR count). The molecule has 2 aromatic rings. The van der Waals surface area contributed by atoms with Crippen molar-refractivity contribution in [1.82, 2.24) is 9.97 Å². The molecule has 1 aliphatic rings. The zero-order valence-corrected chi connectivity index (χ0v) is 12.9. The van der Waals surface area contributed by atoms with Gasteiger partial charge in [-0.05, 0) is 30.5 Å². The van der Waals surface area contributed by atoms with E-state index in [4.69, 9.17) is 4.74 Å². The molecule has 2 heterocycles. The zero-order chi connectivity index (χ0) is 15.5.